The fourth-order valence-electron chi connectivity index (χ4n) is 3.83. The first-order valence-corrected chi connectivity index (χ1v) is 14.2. The molecule has 3 rings (SSSR count). The molecule has 0 aliphatic carbocycles. The van der Waals surface area contributed by atoms with Crippen molar-refractivity contribution in [2.24, 2.45) is 0 Å². The van der Waals surface area contributed by atoms with Gasteiger partial charge in [0.2, 0.25) is 11.8 Å². The second kappa shape index (κ2) is 13.4. The van der Waals surface area contributed by atoms with Crippen molar-refractivity contribution in [1.29, 1.82) is 0 Å². The van der Waals surface area contributed by atoms with E-state index in [2.05, 4.69) is 5.32 Å². The molecule has 1 N–H and O–H groups in total. The summed E-state index contributed by atoms with van der Waals surface area (Å²) in [6, 6.07) is 16.5. The molecule has 0 unspecified atom stereocenters. The van der Waals surface area contributed by atoms with Crippen LogP contribution in [0.15, 0.2) is 77.7 Å². The Hall–Kier alpha value is -3.63. The minimum absolute atomic E-state index is 0.0364. The highest BCUT2D eigenvalue weighted by Gasteiger charge is 2.32. The van der Waals surface area contributed by atoms with Gasteiger partial charge >= 0.3 is 0 Å². The molecule has 3 aromatic carbocycles. The molecule has 11 heteroatoms. The summed E-state index contributed by atoms with van der Waals surface area (Å²) in [5, 5.41) is 3.21. The normalized spacial score (nSPS) is 11.9. The maximum atomic E-state index is 13.8. The van der Waals surface area contributed by atoms with E-state index >= 15 is 0 Å². The summed E-state index contributed by atoms with van der Waals surface area (Å²) in [5.74, 6) is -1.08. The van der Waals surface area contributed by atoms with Crippen LogP contribution in [-0.4, -0.2) is 50.9 Å². The second-order valence-corrected chi connectivity index (χ2v) is 10.9. The topological polar surface area (TPSA) is 96.0 Å². The van der Waals surface area contributed by atoms with Gasteiger partial charge in [-0.05, 0) is 87.0 Å². The molecule has 0 radical (unpaired) electrons. The maximum Gasteiger partial charge on any atom is 0.264 e. The van der Waals surface area contributed by atoms with Gasteiger partial charge in [-0.25, -0.2) is 12.8 Å². The van der Waals surface area contributed by atoms with Gasteiger partial charge < -0.3 is 15.0 Å². The molecular weight excluding hydrogens is 545 g/mol. The highest BCUT2D eigenvalue weighted by Crippen LogP contribution is 2.26. The van der Waals surface area contributed by atoms with Crippen LogP contribution in [0.4, 0.5) is 10.1 Å². The fourth-order valence-corrected chi connectivity index (χ4v) is 5.37. The standard InChI is InChI=1S/C28H31ClFN3O5S/c1-4-31-28(35)20(3)32(18-21-6-8-22(29)9-7-21)27(34)19-33(24-12-10-23(30)11-13-24)39(36,37)26-16-14-25(15-17-26)38-5-2/h6-17,20H,4-5,18-19H2,1-3H3,(H,31,35)/t20-/m1/s1. The van der Waals surface area contributed by atoms with Crippen LogP contribution in [0.5, 0.6) is 5.75 Å². The molecule has 0 aliphatic rings. The van der Waals surface area contributed by atoms with Gasteiger partial charge in [-0.15, -0.1) is 0 Å². The minimum Gasteiger partial charge on any atom is -0.494 e. The van der Waals surface area contributed by atoms with Gasteiger partial charge in [0.1, 0.15) is 24.2 Å². The van der Waals surface area contributed by atoms with Gasteiger partial charge in [0, 0.05) is 18.1 Å². The van der Waals surface area contributed by atoms with Gasteiger partial charge in [-0.1, -0.05) is 23.7 Å². The third-order valence-corrected chi connectivity index (χ3v) is 7.94. The van der Waals surface area contributed by atoms with E-state index in [1.54, 1.807) is 38.1 Å². The summed E-state index contributed by atoms with van der Waals surface area (Å²) in [5.41, 5.74) is 0.794. The third-order valence-electron chi connectivity index (χ3n) is 5.90. The van der Waals surface area contributed by atoms with Crippen molar-refractivity contribution in [2.75, 3.05) is 24.0 Å². The van der Waals surface area contributed by atoms with Crippen LogP contribution in [0.2, 0.25) is 5.02 Å². The zero-order valence-electron chi connectivity index (χ0n) is 21.9. The lowest BCUT2D eigenvalue weighted by atomic mass is 10.1. The number of rotatable bonds is 12. The number of hydrogen-bond donors (Lipinski definition) is 1. The molecule has 0 saturated heterocycles. The van der Waals surface area contributed by atoms with Crippen molar-refractivity contribution >= 4 is 39.1 Å². The number of nitrogens with zero attached hydrogens (tertiary/aromatic N) is 2. The van der Waals surface area contributed by atoms with Crippen LogP contribution in [0.3, 0.4) is 0 Å². The molecule has 0 spiro atoms. The van der Waals surface area contributed by atoms with Crippen molar-refractivity contribution in [3.63, 3.8) is 0 Å². The van der Waals surface area contributed by atoms with E-state index in [4.69, 9.17) is 16.3 Å². The van der Waals surface area contributed by atoms with Crippen molar-refractivity contribution in [2.45, 2.75) is 38.3 Å². The van der Waals surface area contributed by atoms with Gasteiger partial charge in [-0.3, -0.25) is 13.9 Å². The van der Waals surface area contributed by atoms with Crippen molar-refractivity contribution in [3.05, 3.63) is 89.2 Å². The van der Waals surface area contributed by atoms with Crippen molar-refractivity contribution < 1.29 is 27.1 Å². The van der Waals surface area contributed by atoms with Gasteiger partial charge in [0.25, 0.3) is 10.0 Å². The summed E-state index contributed by atoms with van der Waals surface area (Å²) in [6.45, 7) is 5.32. The molecular formula is C28H31ClFN3O5S. The average molecular weight is 576 g/mol. The number of carbonyl (C=O) groups is 2. The summed E-state index contributed by atoms with van der Waals surface area (Å²) >= 11 is 6.00. The molecule has 0 saturated carbocycles. The Morgan fingerprint density at radius 1 is 0.974 bits per heavy atom. The number of sulfonamides is 1. The lowest BCUT2D eigenvalue weighted by molar-refractivity contribution is -0.139. The monoisotopic (exact) mass is 575 g/mol. The molecule has 8 nitrogen and oxygen atoms in total. The molecule has 0 bridgehead atoms. The predicted molar refractivity (Wildman–Crippen MR) is 149 cm³/mol. The fraction of sp³-hybridized carbons (Fsp3) is 0.286. The molecule has 39 heavy (non-hydrogen) atoms. The molecule has 0 aromatic heterocycles. The first-order valence-electron chi connectivity index (χ1n) is 12.4. The van der Waals surface area contributed by atoms with Crippen LogP contribution in [0, 0.1) is 5.82 Å². The quantitative estimate of drug-likeness (QED) is 0.340. The van der Waals surface area contributed by atoms with E-state index in [0.717, 1.165) is 16.4 Å². The van der Waals surface area contributed by atoms with Gasteiger partial charge in [0.05, 0.1) is 17.2 Å². The number of nitrogens with one attached hydrogen (secondary N) is 1. The lowest BCUT2D eigenvalue weighted by Crippen LogP contribution is -2.51. The van der Waals surface area contributed by atoms with E-state index in [9.17, 15) is 22.4 Å². The van der Waals surface area contributed by atoms with E-state index in [0.29, 0.717) is 29.5 Å². The number of benzene rings is 3. The molecule has 0 fully saturated rings. The van der Waals surface area contributed by atoms with Crippen molar-refractivity contribution in [1.82, 2.24) is 10.2 Å². The number of amides is 2. The molecule has 2 amide bonds. The SMILES string of the molecule is CCNC(=O)[C@@H](C)N(Cc1ccc(Cl)cc1)C(=O)CN(c1ccc(F)cc1)S(=O)(=O)c1ccc(OCC)cc1. The Morgan fingerprint density at radius 3 is 2.15 bits per heavy atom. The second-order valence-electron chi connectivity index (χ2n) is 8.61. The highest BCUT2D eigenvalue weighted by molar-refractivity contribution is 7.92. The molecule has 3 aromatic rings. The number of hydrogen-bond acceptors (Lipinski definition) is 5. The Bertz CT molecular complexity index is 1370. The minimum atomic E-state index is -4.27. The summed E-state index contributed by atoms with van der Waals surface area (Å²) < 4.78 is 47.6. The highest BCUT2D eigenvalue weighted by atomic mass is 35.5. The number of halogens is 2. The average Bonchev–Trinajstić information content (AvgIpc) is 2.92. The molecule has 0 heterocycles. The van der Waals surface area contributed by atoms with Gasteiger partial charge in [0.15, 0.2) is 0 Å². The zero-order valence-corrected chi connectivity index (χ0v) is 23.5. The number of anilines is 1. The largest absolute Gasteiger partial charge is 0.494 e. The van der Waals surface area contributed by atoms with Crippen molar-refractivity contribution in [3.8, 4) is 5.75 Å². The Labute approximate surface area is 233 Å². The predicted octanol–water partition coefficient (Wildman–Crippen LogP) is 4.63. The van der Waals surface area contributed by atoms with Crippen LogP contribution in [0.1, 0.15) is 26.3 Å². The number of likely N-dealkylation sites (N-methyl/N-ethyl adjacent to an activating group) is 1. The molecule has 1 atom stereocenters. The molecule has 0 aliphatic heterocycles. The Kier molecular flexibility index (Phi) is 10.3. The third kappa shape index (κ3) is 7.70. The first-order chi connectivity index (χ1) is 18.6. The maximum absolute atomic E-state index is 13.8. The number of carbonyl (C=O) groups excluding carboxylic acids is 2. The van der Waals surface area contributed by atoms with Gasteiger partial charge in [-0.2, -0.15) is 0 Å². The van der Waals surface area contributed by atoms with E-state index in [1.807, 2.05) is 6.92 Å². The zero-order chi connectivity index (χ0) is 28.6. The van der Waals surface area contributed by atoms with E-state index in [-0.39, 0.29) is 23.0 Å². The summed E-state index contributed by atoms with van der Waals surface area (Å²) in [7, 11) is -4.27. The smallest absolute Gasteiger partial charge is 0.264 e. The van der Waals surface area contributed by atoms with Crippen LogP contribution < -0.4 is 14.4 Å². The van der Waals surface area contributed by atoms with Crippen LogP contribution >= 0.6 is 11.6 Å². The lowest BCUT2D eigenvalue weighted by Gasteiger charge is -2.32. The first kappa shape index (κ1) is 29.9. The summed E-state index contributed by atoms with van der Waals surface area (Å²) in [6.07, 6.45) is 0. The van der Waals surface area contributed by atoms with E-state index in [1.165, 1.54) is 41.3 Å². The number of ether oxygens (including phenoxy) is 1. The summed E-state index contributed by atoms with van der Waals surface area (Å²) in [4.78, 5) is 27.7. The Morgan fingerprint density at radius 2 is 1.59 bits per heavy atom. The molecule has 208 valence electrons. The van der Waals surface area contributed by atoms with E-state index < -0.39 is 34.3 Å². The Balaban J connectivity index is 2.00. The van der Waals surface area contributed by atoms with Crippen LogP contribution in [0.25, 0.3) is 0 Å². The van der Waals surface area contributed by atoms with Crippen LogP contribution in [-0.2, 0) is 26.2 Å².